The molecule has 0 bridgehead atoms. The lowest BCUT2D eigenvalue weighted by Crippen LogP contribution is -2.73. The van der Waals surface area contributed by atoms with Crippen LogP contribution in [0.1, 0.15) is 22.4 Å². The van der Waals surface area contributed by atoms with Crippen LogP contribution in [0.2, 0.25) is 0 Å². The zero-order valence-corrected chi connectivity index (χ0v) is 28.2. The zero-order chi connectivity index (χ0) is 32.3. The number of nitrogens with one attached hydrogen (secondary N) is 2. The number of β-lactam (4-membered cyclic amide) rings is 1. The van der Waals surface area contributed by atoms with E-state index in [2.05, 4.69) is 74.8 Å². The molecule has 3 N–H and O–H groups in total. The van der Waals surface area contributed by atoms with Crippen molar-refractivity contribution in [1.82, 2.24) is 15.2 Å². The number of halogens is 1. The number of carboxylic acid groups (broad SMARTS) is 1. The van der Waals surface area contributed by atoms with Gasteiger partial charge in [0, 0.05) is 20.5 Å². The molecule has 4 aromatic rings. The molecule has 3 aromatic carbocycles. The number of thiazole rings is 1. The van der Waals surface area contributed by atoms with Crippen molar-refractivity contribution < 1.29 is 24.3 Å². The number of carbonyl (C=O) groups excluding carboxylic acids is 2. The Morgan fingerprint density at radius 2 is 1.59 bits per heavy atom. The van der Waals surface area contributed by atoms with Gasteiger partial charge >= 0.3 is 5.97 Å². The van der Waals surface area contributed by atoms with Gasteiger partial charge in [-0.3, -0.25) is 14.5 Å². The number of rotatable bonds is 11. The largest absolute Gasteiger partial charge is 0.477 e. The van der Waals surface area contributed by atoms with Gasteiger partial charge in [-0.2, -0.15) is 0 Å². The van der Waals surface area contributed by atoms with Crippen LogP contribution < -0.4 is 10.6 Å². The molecule has 0 aliphatic carbocycles. The fourth-order valence-corrected chi connectivity index (χ4v) is 8.63. The molecular formula is C33H28IN5O5S2. The summed E-state index contributed by atoms with van der Waals surface area (Å²) >= 11 is 4.77. The summed E-state index contributed by atoms with van der Waals surface area (Å²) in [5.41, 5.74) is 2.28. The molecule has 2 atom stereocenters. The lowest BCUT2D eigenvalue weighted by atomic mass is 9.77. The van der Waals surface area contributed by atoms with E-state index in [0.717, 1.165) is 16.7 Å². The highest BCUT2D eigenvalue weighted by molar-refractivity contribution is 14.1. The summed E-state index contributed by atoms with van der Waals surface area (Å²) in [5.74, 6) is -1.83. The predicted molar refractivity (Wildman–Crippen MR) is 187 cm³/mol. The summed E-state index contributed by atoms with van der Waals surface area (Å²) in [6.45, 7) is 0. The fraction of sp³-hybridized carbons (Fsp3) is 0.182. The lowest BCUT2D eigenvalue weighted by molar-refractivity contribution is -0.153. The van der Waals surface area contributed by atoms with Crippen LogP contribution in [-0.2, 0) is 24.8 Å². The molecule has 1 aromatic heterocycles. The van der Waals surface area contributed by atoms with Gasteiger partial charge in [-0.05, 0) is 16.7 Å². The second kappa shape index (κ2) is 13.6. The van der Waals surface area contributed by atoms with Crippen LogP contribution in [-0.4, -0.2) is 67.9 Å². The first kappa shape index (κ1) is 31.8. The number of allylic oxidation sites excluding steroid dienone is 1. The minimum Gasteiger partial charge on any atom is -0.477 e. The van der Waals surface area contributed by atoms with Gasteiger partial charge in [0.05, 0.1) is 6.04 Å². The molecule has 1 fully saturated rings. The van der Waals surface area contributed by atoms with Gasteiger partial charge in [-0.15, -0.1) is 23.1 Å². The second-order valence-corrected chi connectivity index (χ2v) is 13.1. The van der Waals surface area contributed by atoms with E-state index in [1.807, 2.05) is 54.6 Å². The van der Waals surface area contributed by atoms with Gasteiger partial charge in [0.25, 0.3) is 11.8 Å². The van der Waals surface area contributed by atoms with Crippen molar-refractivity contribution in [2.75, 3.05) is 22.6 Å². The number of hydrogen-bond donors (Lipinski definition) is 3. The number of anilines is 1. The molecule has 0 unspecified atom stereocenters. The zero-order valence-electron chi connectivity index (χ0n) is 24.4. The number of carbonyl (C=O) groups is 3. The van der Waals surface area contributed by atoms with Crippen LogP contribution in [0.4, 0.5) is 5.13 Å². The van der Waals surface area contributed by atoms with Crippen LogP contribution in [0, 0.1) is 0 Å². The standard InChI is InChI=1S/C33H28IN5O5S2/c1-44-38-26(29(40)36-27-24-19-45-25(17-34)28(31(42)43)39(24)30(27)41)23-18-46-32(35-23)37-33(20-11-5-2-6-12-20,21-13-7-3-8-14-21)22-15-9-4-10-16-22/h2-16,18,24,27H,17,19H2,1H3,(H,35,37)(H,36,40)(H,42,43)/b38-26-/t24-,27+/m1/s1. The molecule has 13 heteroatoms. The average molecular weight is 766 g/mol. The number of carboxylic acids is 1. The summed E-state index contributed by atoms with van der Waals surface area (Å²) in [4.78, 5) is 50.3. The van der Waals surface area contributed by atoms with Crippen molar-refractivity contribution in [3.8, 4) is 0 Å². The highest BCUT2D eigenvalue weighted by Gasteiger charge is 2.54. The van der Waals surface area contributed by atoms with E-state index in [4.69, 9.17) is 9.82 Å². The fourth-order valence-electron chi connectivity index (χ4n) is 5.75. The summed E-state index contributed by atoms with van der Waals surface area (Å²) < 4.78 is 0.475. The molecule has 6 rings (SSSR count). The topological polar surface area (TPSA) is 133 Å². The number of fused-ring (bicyclic) bond motifs is 1. The van der Waals surface area contributed by atoms with E-state index in [9.17, 15) is 19.5 Å². The van der Waals surface area contributed by atoms with Crippen LogP contribution >= 0.6 is 45.7 Å². The Morgan fingerprint density at radius 3 is 2.09 bits per heavy atom. The molecule has 0 spiro atoms. The number of nitrogens with zero attached hydrogens (tertiary/aromatic N) is 3. The number of thioether (sulfide) groups is 1. The molecule has 0 radical (unpaired) electrons. The van der Waals surface area contributed by atoms with Crippen molar-refractivity contribution in [2.45, 2.75) is 17.6 Å². The molecule has 10 nitrogen and oxygen atoms in total. The monoisotopic (exact) mass is 765 g/mol. The number of benzene rings is 3. The van der Waals surface area contributed by atoms with Gasteiger partial charge in [0.2, 0.25) is 0 Å². The summed E-state index contributed by atoms with van der Waals surface area (Å²) in [6, 6.07) is 28.8. The van der Waals surface area contributed by atoms with E-state index in [1.54, 1.807) is 5.38 Å². The molecule has 2 aliphatic rings. The number of aliphatic carboxylic acids is 1. The van der Waals surface area contributed by atoms with Gasteiger partial charge in [0.15, 0.2) is 10.8 Å². The maximum atomic E-state index is 13.6. The number of aromatic nitrogens is 1. The third kappa shape index (κ3) is 5.78. The number of oxime groups is 1. The van der Waals surface area contributed by atoms with E-state index < -0.39 is 35.4 Å². The first-order chi connectivity index (χ1) is 22.4. The Kier molecular flexibility index (Phi) is 9.42. The average Bonchev–Trinajstić information content (AvgIpc) is 3.56. The third-order valence-corrected chi connectivity index (χ3v) is 11.1. The first-order valence-electron chi connectivity index (χ1n) is 14.2. The van der Waals surface area contributed by atoms with Crippen LogP contribution in [0.25, 0.3) is 0 Å². The maximum Gasteiger partial charge on any atom is 0.353 e. The minimum absolute atomic E-state index is 0.0223. The number of hydrogen-bond acceptors (Lipinski definition) is 9. The molecule has 1 saturated heterocycles. The van der Waals surface area contributed by atoms with Crippen molar-refractivity contribution in [1.29, 1.82) is 0 Å². The molecular weight excluding hydrogens is 737 g/mol. The van der Waals surface area contributed by atoms with Crippen molar-refractivity contribution in [3.05, 3.63) is 129 Å². The van der Waals surface area contributed by atoms with E-state index in [1.165, 1.54) is 35.1 Å². The van der Waals surface area contributed by atoms with Crippen LogP contribution in [0.15, 0.2) is 112 Å². The van der Waals surface area contributed by atoms with Gasteiger partial charge in [-0.25, -0.2) is 9.78 Å². The van der Waals surface area contributed by atoms with E-state index in [-0.39, 0.29) is 17.1 Å². The Labute approximate surface area is 287 Å². The van der Waals surface area contributed by atoms with Crippen LogP contribution in [0.3, 0.4) is 0 Å². The number of alkyl halides is 1. The van der Waals surface area contributed by atoms with E-state index >= 15 is 0 Å². The summed E-state index contributed by atoms with van der Waals surface area (Å²) in [6.07, 6.45) is 0. The molecule has 3 heterocycles. The lowest BCUT2D eigenvalue weighted by Gasteiger charge is -2.49. The normalized spacial score (nSPS) is 18.0. The van der Waals surface area contributed by atoms with Crippen molar-refractivity contribution in [3.63, 3.8) is 0 Å². The van der Waals surface area contributed by atoms with Crippen LogP contribution in [0.5, 0.6) is 0 Å². The predicted octanol–water partition coefficient (Wildman–Crippen LogP) is 5.07. The third-order valence-electron chi connectivity index (χ3n) is 7.82. The molecule has 234 valence electrons. The molecule has 46 heavy (non-hydrogen) atoms. The summed E-state index contributed by atoms with van der Waals surface area (Å²) in [5, 5.41) is 22.4. The highest BCUT2D eigenvalue weighted by Crippen LogP contribution is 2.41. The Hall–Kier alpha value is -4.21. The smallest absolute Gasteiger partial charge is 0.353 e. The minimum atomic E-state index is -1.16. The van der Waals surface area contributed by atoms with Gasteiger partial charge < -0.3 is 20.6 Å². The molecule has 0 saturated carbocycles. The van der Waals surface area contributed by atoms with Gasteiger partial charge in [0.1, 0.15) is 30.1 Å². The Bertz CT molecular complexity index is 1720. The number of amides is 2. The maximum absolute atomic E-state index is 13.6. The first-order valence-corrected chi connectivity index (χ1v) is 17.6. The molecule has 2 amide bonds. The second-order valence-electron chi connectivity index (χ2n) is 10.4. The summed E-state index contributed by atoms with van der Waals surface area (Å²) in [7, 11) is 1.33. The van der Waals surface area contributed by atoms with E-state index in [0.29, 0.717) is 20.2 Å². The highest BCUT2D eigenvalue weighted by atomic mass is 127. The van der Waals surface area contributed by atoms with Crippen molar-refractivity contribution >= 4 is 74.3 Å². The SMILES string of the molecule is CO/N=C(\C(=O)N[C@@H]1C(=O)N2C(C(=O)O)=C(CI)SC[C@H]12)c1csc(NC(c2ccccc2)(c2ccccc2)c2ccccc2)n1. The Balaban J connectivity index is 1.30. The molecule has 2 aliphatic heterocycles. The van der Waals surface area contributed by atoms with Crippen molar-refractivity contribution in [2.24, 2.45) is 5.16 Å². The quantitative estimate of drug-likeness (QED) is 0.0482. The van der Waals surface area contributed by atoms with Gasteiger partial charge in [-0.1, -0.05) is 119 Å². The Morgan fingerprint density at radius 1 is 1.02 bits per heavy atom.